The molecule has 4 atom stereocenters. The molecule has 2 aromatic rings. The van der Waals surface area contributed by atoms with Crippen molar-refractivity contribution in [3.63, 3.8) is 0 Å². The predicted octanol–water partition coefficient (Wildman–Crippen LogP) is 0.245. The molecule has 1 aliphatic heterocycles. The van der Waals surface area contributed by atoms with E-state index in [0.29, 0.717) is 16.6 Å². The summed E-state index contributed by atoms with van der Waals surface area (Å²) in [6.07, 6.45) is -0.704. The van der Waals surface area contributed by atoms with Gasteiger partial charge in [-0.05, 0) is 0 Å². The zero-order valence-electron chi connectivity index (χ0n) is 11.1. The first kappa shape index (κ1) is 13.9. The number of fused-ring (bicyclic) bond motifs is 1. The van der Waals surface area contributed by atoms with Crippen LogP contribution in [0.3, 0.4) is 0 Å². The molecule has 0 aliphatic carbocycles. The first-order valence-electron chi connectivity index (χ1n) is 6.40. The Labute approximate surface area is 119 Å². The van der Waals surface area contributed by atoms with E-state index in [0.717, 1.165) is 0 Å². The Balaban J connectivity index is 2.14. The Hall–Kier alpha value is -2.03. The van der Waals surface area contributed by atoms with E-state index >= 15 is 0 Å². The largest absolute Gasteiger partial charge is 0.394 e. The molecule has 0 saturated carbocycles. The summed E-state index contributed by atoms with van der Waals surface area (Å²) in [5, 5.41) is 19.6. The lowest BCUT2D eigenvalue weighted by molar-refractivity contribution is -0.0493. The van der Waals surface area contributed by atoms with Crippen LogP contribution in [0.4, 0.5) is 10.2 Å². The number of halogens is 1. The number of nitrogens with two attached hydrogens (primary N) is 1. The number of hydrogen-bond acceptors (Lipinski definition) is 6. The molecule has 3 rings (SSSR count). The third kappa shape index (κ3) is 1.99. The summed E-state index contributed by atoms with van der Waals surface area (Å²) < 4.78 is 20.7. The van der Waals surface area contributed by atoms with Gasteiger partial charge < -0.3 is 25.3 Å². The van der Waals surface area contributed by atoms with Crippen molar-refractivity contribution in [1.82, 2.24) is 14.5 Å². The maximum absolute atomic E-state index is 13.9. The first-order chi connectivity index (χ1) is 10.1. The molecule has 8 heteroatoms. The van der Waals surface area contributed by atoms with Crippen LogP contribution >= 0.6 is 0 Å². The molecule has 0 bridgehead atoms. The van der Waals surface area contributed by atoms with E-state index in [4.69, 9.17) is 15.6 Å². The van der Waals surface area contributed by atoms with E-state index in [1.54, 1.807) is 12.3 Å². The van der Waals surface area contributed by atoms with Gasteiger partial charge in [-0.3, -0.25) is 0 Å². The quantitative estimate of drug-likeness (QED) is 0.749. The molecular weight excluding hydrogens is 279 g/mol. The number of nitrogen functional groups attached to an aromatic ring is 1. The molecule has 0 radical (unpaired) electrons. The van der Waals surface area contributed by atoms with Gasteiger partial charge in [-0.2, -0.15) is 0 Å². The Morgan fingerprint density at radius 2 is 2.29 bits per heavy atom. The van der Waals surface area contributed by atoms with Gasteiger partial charge in [-0.15, -0.1) is 0 Å². The van der Waals surface area contributed by atoms with Crippen molar-refractivity contribution in [1.29, 1.82) is 0 Å². The standard InChI is InChI=1S/C13H15FN4O3/c1-2-6-3-18(12-8(6)11(15)16-5-17-12)13-10(20)9(14)7(4-19)21-13/h2-3,5,7,9-10,13,19-20H,1,4H2,(H2,15,16,17)/t7-,9-,10-,13-/m1/s1. The van der Waals surface area contributed by atoms with Crippen LogP contribution in [0.2, 0.25) is 0 Å². The molecule has 112 valence electrons. The normalized spacial score (nSPS) is 29.1. The fraction of sp³-hybridized carbons (Fsp3) is 0.385. The second-order valence-corrected chi connectivity index (χ2v) is 4.84. The summed E-state index contributed by atoms with van der Waals surface area (Å²) >= 11 is 0. The summed E-state index contributed by atoms with van der Waals surface area (Å²) in [6, 6.07) is 0. The Morgan fingerprint density at radius 1 is 1.52 bits per heavy atom. The molecule has 4 N–H and O–H groups in total. The molecule has 1 aliphatic rings. The van der Waals surface area contributed by atoms with Crippen molar-refractivity contribution in [2.45, 2.75) is 24.6 Å². The smallest absolute Gasteiger partial charge is 0.164 e. The summed E-state index contributed by atoms with van der Waals surface area (Å²) in [4.78, 5) is 8.02. The summed E-state index contributed by atoms with van der Waals surface area (Å²) in [6.45, 7) is 3.17. The second kappa shape index (κ2) is 5.06. The maximum Gasteiger partial charge on any atom is 0.164 e. The zero-order chi connectivity index (χ0) is 15.1. The van der Waals surface area contributed by atoms with Crippen LogP contribution in [0.5, 0.6) is 0 Å². The number of alkyl halides is 1. The second-order valence-electron chi connectivity index (χ2n) is 4.84. The van der Waals surface area contributed by atoms with Crippen molar-refractivity contribution < 1.29 is 19.3 Å². The lowest BCUT2D eigenvalue weighted by Gasteiger charge is -2.16. The topological polar surface area (TPSA) is 106 Å². The number of ether oxygens (including phenoxy) is 1. The van der Waals surface area contributed by atoms with Crippen LogP contribution in [0.25, 0.3) is 17.1 Å². The van der Waals surface area contributed by atoms with Crippen LogP contribution in [0.15, 0.2) is 19.1 Å². The summed E-state index contributed by atoms with van der Waals surface area (Å²) in [7, 11) is 0. The number of rotatable bonds is 3. The fourth-order valence-corrected chi connectivity index (χ4v) is 2.57. The van der Waals surface area contributed by atoms with Crippen LogP contribution in [0.1, 0.15) is 11.8 Å². The molecule has 0 unspecified atom stereocenters. The van der Waals surface area contributed by atoms with E-state index < -0.39 is 31.2 Å². The minimum Gasteiger partial charge on any atom is -0.394 e. The molecule has 21 heavy (non-hydrogen) atoms. The molecule has 0 aromatic carbocycles. The van der Waals surface area contributed by atoms with Gasteiger partial charge in [0.25, 0.3) is 0 Å². The Kier molecular flexibility index (Phi) is 3.36. The van der Waals surface area contributed by atoms with E-state index in [2.05, 4.69) is 16.5 Å². The van der Waals surface area contributed by atoms with Gasteiger partial charge in [0, 0.05) is 11.8 Å². The molecule has 1 fully saturated rings. The van der Waals surface area contributed by atoms with Gasteiger partial charge in [0.1, 0.15) is 30.0 Å². The van der Waals surface area contributed by atoms with Gasteiger partial charge in [-0.1, -0.05) is 12.7 Å². The molecule has 3 heterocycles. The molecule has 0 amide bonds. The zero-order valence-corrected chi connectivity index (χ0v) is 11.1. The SMILES string of the molecule is C=Cc1cn([C@@H]2O[C@H](CO)[C@@H](F)[C@H]2O)c2ncnc(N)c12. The monoisotopic (exact) mass is 294 g/mol. The number of aliphatic hydroxyl groups is 2. The minimum absolute atomic E-state index is 0.261. The van der Waals surface area contributed by atoms with Crippen molar-refractivity contribution in [2.24, 2.45) is 0 Å². The highest BCUT2D eigenvalue weighted by molar-refractivity contribution is 5.94. The molecule has 7 nitrogen and oxygen atoms in total. The lowest BCUT2D eigenvalue weighted by atomic mass is 10.1. The Bertz CT molecular complexity index is 689. The van der Waals surface area contributed by atoms with E-state index in [-0.39, 0.29) is 5.82 Å². The van der Waals surface area contributed by atoms with E-state index in [1.807, 2.05) is 0 Å². The number of nitrogens with zero attached hydrogens (tertiary/aromatic N) is 3. The van der Waals surface area contributed by atoms with Crippen LogP contribution in [0, 0.1) is 0 Å². The maximum atomic E-state index is 13.9. The highest BCUT2D eigenvalue weighted by Crippen LogP contribution is 2.35. The van der Waals surface area contributed by atoms with Crippen molar-refractivity contribution >= 4 is 22.9 Å². The third-order valence-corrected chi connectivity index (χ3v) is 3.63. The van der Waals surface area contributed by atoms with Gasteiger partial charge in [0.05, 0.1) is 12.0 Å². The van der Waals surface area contributed by atoms with Crippen molar-refractivity contribution in [2.75, 3.05) is 12.3 Å². The highest BCUT2D eigenvalue weighted by atomic mass is 19.1. The first-order valence-corrected chi connectivity index (χ1v) is 6.40. The van der Waals surface area contributed by atoms with Gasteiger partial charge in [-0.25, -0.2) is 14.4 Å². The third-order valence-electron chi connectivity index (χ3n) is 3.63. The summed E-state index contributed by atoms with van der Waals surface area (Å²) in [5.74, 6) is 0.261. The molecular formula is C13H15FN4O3. The number of hydrogen-bond donors (Lipinski definition) is 3. The molecule has 2 aromatic heterocycles. The van der Waals surface area contributed by atoms with Crippen LogP contribution < -0.4 is 5.73 Å². The average Bonchev–Trinajstić information content (AvgIpc) is 2.99. The van der Waals surface area contributed by atoms with Crippen molar-refractivity contribution in [3.8, 4) is 0 Å². The number of aromatic nitrogens is 3. The van der Waals surface area contributed by atoms with Crippen LogP contribution in [-0.2, 0) is 4.74 Å². The number of anilines is 1. The highest BCUT2D eigenvalue weighted by Gasteiger charge is 2.45. The predicted molar refractivity (Wildman–Crippen MR) is 73.9 cm³/mol. The van der Waals surface area contributed by atoms with E-state index in [1.165, 1.54) is 10.9 Å². The average molecular weight is 294 g/mol. The van der Waals surface area contributed by atoms with Gasteiger partial charge in [0.2, 0.25) is 0 Å². The number of aliphatic hydroxyl groups excluding tert-OH is 2. The van der Waals surface area contributed by atoms with Gasteiger partial charge >= 0.3 is 0 Å². The molecule has 0 spiro atoms. The van der Waals surface area contributed by atoms with Crippen LogP contribution in [-0.4, -0.2) is 49.7 Å². The Morgan fingerprint density at radius 3 is 2.90 bits per heavy atom. The molecule has 1 saturated heterocycles. The van der Waals surface area contributed by atoms with Gasteiger partial charge in [0.15, 0.2) is 12.4 Å². The van der Waals surface area contributed by atoms with E-state index in [9.17, 15) is 9.50 Å². The summed E-state index contributed by atoms with van der Waals surface area (Å²) in [5.41, 5.74) is 6.89. The lowest BCUT2D eigenvalue weighted by Crippen LogP contribution is -2.29. The van der Waals surface area contributed by atoms with Crippen molar-refractivity contribution in [3.05, 3.63) is 24.7 Å². The fourth-order valence-electron chi connectivity index (χ4n) is 2.57. The minimum atomic E-state index is -1.68.